The molecule has 0 saturated carbocycles. The molecule has 0 N–H and O–H groups in total. The average molecular weight is 518 g/mol. The normalized spacial score (nSPS) is 20.2. The number of urea groups is 1. The number of amides is 2. The van der Waals surface area contributed by atoms with E-state index in [-0.39, 0.29) is 12.1 Å². The molecule has 0 spiro atoms. The summed E-state index contributed by atoms with van der Waals surface area (Å²) in [6.45, 7) is 4.60. The van der Waals surface area contributed by atoms with Gasteiger partial charge in [0.2, 0.25) is 0 Å². The van der Waals surface area contributed by atoms with Crippen molar-refractivity contribution in [2.24, 2.45) is 5.92 Å². The molecule has 9 nitrogen and oxygen atoms in total. The molecule has 1 atom stereocenters. The van der Waals surface area contributed by atoms with Crippen molar-refractivity contribution in [1.29, 1.82) is 0 Å². The van der Waals surface area contributed by atoms with Crippen molar-refractivity contribution in [3.05, 3.63) is 48.3 Å². The number of para-hydroxylation sites is 1. The van der Waals surface area contributed by atoms with Gasteiger partial charge in [0.25, 0.3) is 0 Å². The number of rotatable bonds is 7. The van der Waals surface area contributed by atoms with Gasteiger partial charge in [-0.2, -0.15) is 0 Å². The van der Waals surface area contributed by atoms with Gasteiger partial charge in [-0.3, -0.25) is 4.90 Å². The third-order valence-electron chi connectivity index (χ3n) is 8.07. The number of nitrogens with zero attached hydrogens (tertiary/aromatic N) is 5. The zero-order valence-electron chi connectivity index (χ0n) is 22.1. The number of piperidine rings is 1. The maximum absolute atomic E-state index is 13.6. The van der Waals surface area contributed by atoms with Crippen LogP contribution in [0.4, 0.5) is 16.3 Å². The minimum atomic E-state index is 0.101. The van der Waals surface area contributed by atoms with Crippen LogP contribution < -0.4 is 19.3 Å². The summed E-state index contributed by atoms with van der Waals surface area (Å²) in [5.41, 5.74) is 3.07. The third kappa shape index (κ3) is 4.71. The van der Waals surface area contributed by atoms with E-state index in [1.165, 1.54) is 5.56 Å². The lowest BCUT2D eigenvalue weighted by molar-refractivity contribution is 0.113. The van der Waals surface area contributed by atoms with Crippen LogP contribution in [-0.2, 0) is 11.3 Å². The number of aromatic nitrogens is 2. The van der Waals surface area contributed by atoms with Crippen LogP contribution in [0, 0.1) is 5.92 Å². The minimum absolute atomic E-state index is 0.101. The fourth-order valence-corrected chi connectivity index (χ4v) is 6.03. The summed E-state index contributed by atoms with van der Waals surface area (Å²) >= 11 is 0. The Hall–Kier alpha value is -3.59. The number of hydrogen-bond donors (Lipinski definition) is 0. The second-order valence-corrected chi connectivity index (χ2v) is 10.4. The Labute approximate surface area is 223 Å². The van der Waals surface area contributed by atoms with E-state index in [9.17, 15) is 4.79 Å². The van der Waals surface area contributed by atoms with Crippen LogP contribution in [0.15, 0.2) is 42.7 Å². The molecule has 1 aromatic heterocycles. The molecule has 2 saturated heterocycles. The van der Waals surface area contributed by atoms with E-state index >= 15 is 0 Å². The van der Waals surface area contributed by atoms with E-state index in [2.05, 4.69) is 33.1 Å². The lowest BCUT2D eigenvalue weighted by Gasteiger charge is -2.41. The first-order valence-corrected chi connectivity index (χ1v) is 13.5. The predicted octanol–water partition coefficient (Wildman–Crippen LogP) is 4.48. The van der Waals surface area contributed by atoms with Gasteiger partial charge < -0.3 is 24.0 Å². The summed E-state index contributed by atoms with van der Waals surface area (Å²) in [7, 11) is 3.27. The predicted molar refractivity (Wildman–Crippen MR) is 146 cm³/mol. The van der Waals surface area contributed by atoms with Crippen LogP contribution >= 0.6 is 0 Å². The van der Waals surface area contributed by atoms with Crippen LogP contribution in [0.3, 0.4) is 0 Å². The monoisotopic (exact) mass is 517 g/mol. The fourth-order valence-electron chi connectivity index (χ4n) is 6.03. The Morgan fingerprint density at radius 3 is 2.55 bits per heavy atom. The zero-order valence-corrected chi connectivity index (χ0v) is 22.1. The highest BCUT2D eigenvalue weighted by molar-refractivity contribution is 5.95. The van der Waals surface area contributed by atoms with Gasteiger partial charge in [0.05, 0.1) is 38.1 Å². The van der Waals surface area contributed by atoms with E-state index in [1.54, 1.807) is 20.5 Å². The van der Waals surface area contributed by atoms with E-state index in [0.29, 0.717) is 30.5 Å². The molecule has 9 heteroatoms. The van der Waals surface area contributed by atoms with Gasteiger partial charge in [-0.15, -0.1) is 0 Å². The standard InChI is InChI=1S/C29H35N5O4/c1-36-26-14-23-24(15-27(26)37-2)30-19-31-28(23)32-11-9-20(10-12-32)16-33-17-21-6-3-4-8-25(21)34(29(33)35)18-22-7-5-13-38-22/h3-4,6,8,14-15,19-20,22H,5,7,9-13,16-18H2,1-2H3. The number of ether oxygens (including phenoxy) is 3. The van der Waals surface area contributed by atoms with Gasteiger partial charge in [0.15, 0.2) is 11.5 Å². The van der Waals surface area contributed by atoms with Crippen molar-refractivity contribution in [2.75, 3.05) is 56.8 Å². The van der Waals surface area contributed by atoms with E-state index in [0.717, 1.165) is 74.3 Å². The molecule has 0 bridgehead atoms. The molecule has 2 fully saturated rings. The molecule has 200 valence electrons. The lowest BCUT2D eigenvalue weighted by atomic mass is 9.95. The maximum Gasteiger partial charge on any atom is 0.324 e. The molecule has 3 aliphatic heterocycles. The number of anilines is 2. The highest BCUT2D eigenvalue weighted by Crippen LogP contribution is 2.36. The second-order valence-electron chi connectivity index (χ2n) is 10.4. The van der Waals surface area contributed by atoms with E-state index in [4.69, 9.17) is 14.2 Å². The summed E-state index contributed by atoms with van der Waals surface area (Å²) in [6, 6.07) is 12.2. The number of methoxy groups -OCH3 is 2. The Morgan fingerprint density at radius 1 is 1.00 bits per heavy atom. The van der Waals surface area contributed by atoms with Gasteiger partial charge >= 0.3 is 6.03 Å². The summed E-state index contributed by atoms with van der Waals surface area (Å²) in [5.74, 6) is 2.68. The molecule has 0 aliphatic carbocycles. The molecule has 2 amide bonds. The summed E-state index contributed by atoms with van der Waals surface area (Å²) in [5, 5.41) is 0.955. The highest BCUT2D eigenvalue weighted by atomic mass is 16.5. The van der Waals surface area contributed by atoms with Gasteiger partial charge in [-0.1, -0.05) is 18.2 Å². The Balaban J connectivity index is 1.15. The van der Waals surface area contributed by atoms with Crippen molar-refractivity contribution in [2.45, 2.75) is 38.3 Å². The number of benzene rings is 2. The van der Waals surface area contributed by atoms with Gasteiger partial charge in [-0.05, 0) is 49.3 Å². The molecule has 3 aromatic rings. The molecule has 2 aromatic carbocycles. The molecular weight excluding hydrogens is 482 g/mol. The average Bonchev–Trinajstić information content (AvgIpc) is 3.48. The molecule has 0 radical (unpaired) electrons. The topological polar surface area (TPSA) is 80.3 Å². The van der Waals surface area contributed by atoms with E-state index < -0.39 is 0 Å². The molecule has 6 rings (SSSR count). The largest absolute Gasteiger partial charge is 0.493 e. The number of carbonyl (C=O) groups is 1. The van der Waals surface area contributed by atoms with Crippen LogP contribution in [0.25, 0.3) is 10.9 Å². The number of hydrogen-bond acceptors (Lipinski definition) is 7. The first kappa shape index (κ1) is 24.7. The van der Waals surface area contributed by atoms with Crippen molar-refractivity contribution in [3.63, 3.8) is 0 Å². The van der Waals surface area contributed by atoms with E-state index in [1.807, 2.05) is 28.0 Å². The van der Waals surface area contributed by atoms with Gasteiger partial charge in [0.1, 0.15) is 12.1 Å². The summed E-state index contributed by atoms with van der Waals surface area (Å²) in [4.78, 5) is 29.0. The maximum atomic E-state index is 13.6. The SMILES string of the molecule is COc1cc2ncnc(N3CCC(CN4Cc5ccccc5N(CC5CCCO5)C4=O)CC3)c2cc1OC. The first-order valence-electron chi connectivity index (χ1n) is 13.5. The van der Waals surface area contributed by atoms with Crippen molar-refractivity contribution < 1.29 is 19.0 Å². The van der Waals surface area contributed by atoms with Crippen LogP contribution in [0.2, 0.25) is 0 Å². The van der Waals surface area contributed by atoms with Crippen LogP contribution in [0.1, 0.15) is 31.2 Å². The highest BCUT2D eigenvalue weighted by Gasteiger charge is 2.34. The quantitative estimate of drug-likeness (QED) is 0.457. The summed E-state index contributed by atoms with van der Waals surface area (Å²) in [6.07, 6.45) is 5.81. The number of fused-ring (bicyclic) bond motifs is 2. The Kier molecular flexibility index (Phi) is 6.93. The molecule has 3 aliphatic rings. The van der Waals surface area contributed by atoms with Crippen molar-refractivity contribution in [3.8, 4) is 11.5 Å². The molecule has 4 heterocycles. The first-order chi connectivity index (χ1) is 18.6. The van der Waals surface area contributed by atoms with Gasteiger partial charge in [-0.25, -0.2) is 14.8 Å². The fraction of sp³-hybridized carbons (Fsp3) is 0.483. The molecular formula is C29H35N5O4. The van der Waals surface area contributed by atoms with Crippen LogP contribution in [0.5, 0.6) is 11.5 Å². The Morgan fingerprint density at radius 2 is 1.79 bits per heavy atom. The third-order valence-corrected chi connectivity index (χ3v) is 8.07. The molecule has 1 unspecified atom stereocenters. The Bertz CT molecular complexity index is 1300. The van der Waals surface area contributed by atoms with Crippen molar-refractivity contribution >= 4 is 28.4 Å². The molecule has 38 heavy (non-hydrogen) atoms. The second kappa shape index (κ2) is 10.6. The zero-order chi connectivity index (χ0) is 26.1. The van der Waals surface area contributed by atoms with Crippen LogP contribution in [-0.4, -0.2) is 74.0 Å². The van der Waals surface area contributed by atoms with Gasteiger partial charge in [0, 0.05) is 44.2 Å². The number of carbonyl (C=O) groups excluding carboxylic acids is 1. The minimum Gasteiger partial charge on any atom is -0.493 e. The van der Waals surface area contributed by atoms with Crippen molar-refractivity contribution in [1.82, 2.24) is 14.9 Å². The summed E-state index contributed by atoms with van der Waals surface area (Å²) < 4.78 is 16.8. The smallest absolute Gasteiger partial charge is 0.324 e. The lowest BCUT2D eigenvalue weighted by Crippen LogP contribution is -2.51.